The summed E-state index contributed by atoms with van der Waals surface area (Å²) in [6.07, 6.45) is 3.97. The predicted molar refractivity (Wildman–Crippen MR) is 59.8 cm³/mol. The number of amides is 1. The molecule has 1 aliphatic rings. The minimum atomic E-state index is -0.0586. The van der Waals surface area contributed by atoms with Crippen molar-refractivity contribution in [2.45, 2.75) is 37.8 Å². The van der Waals surface area contributed by atoms with Crippen molar-refractivity contribution < 1.29 is 4.79 Å². The molecular weight excluding hydrogens is 210 g/mol. The zero-order valence-electron chi connectivity index (χ0n) is 8.48. The van der Waals surface area contributed by atoms with Gasteiger partial charge in [-0.1, -0.05) is 0 Å². The largest absolute Gasteiger partial charge is 0.348 e. The third-order valence-corrected chi connectivity index (χ3v) is 3.36. The molecule has 15 heavy (non-hydrogen) atoms. The molecule has 82 valence electrons. The molecule has 1 amide bonds. The summed E-state index contributed by atoms with van der Waals surface area (Å²) in [5.74, 6) is -0.0586. The van der Waals surface area contributed by atoms with Crippen LogP contribution >= 0.6 is 11.3 Å². The number of aromatic nitrogens is 1. The first-order valence-electron chi connectivity index (χ1n) is 5.20. The maximum atomic E-state index is 11.7. The van der Waals surface area contributed by atoms with Crippen molar-refractivity contribution in [3.8, 4) is 0 Å². The topological polar surface area (TPSA) is 68.0 Å². The van der Waals surface area contributed by atoms with Crippen LogP contribution in [0.1, 0.15) is 36.2 Å². The van der Waals surface area contributed by atoms with Crippen molar-refractivity contribution >= 4 is 17.2 Å². The van der Waals surface area contributed by atoms with Gasteiger partial charge in [-0.25, -0.2) is 4.98 Å². The van der Waals surface area contributed by atoms with E-state index in [9.17, 15) is 4.79 Å². The summed E-state index contributed by atoms with van der Waals surface area (Å²) in [5.41, 5.74) is 7.99. The monoisotopic (exact) mass is 225 g/mol. The third kappa shape index (κ3) is 2.76. The molecule has 1 fully saturated rings. The van der Waals surface area contributed by atoms with Crippen LogP contribution in [0.5, 0.6) is 0 Å². The maximum Gasteiger partial charge on any atom is 0.270 e. The Labute approximate surface area is 92.9 Å². The summed E-state index contributed by atoms with van der Waals surface area (Å²) in [4.78, 5) is 15.6. The van der Waals surface area contributed by atoms with E-state index < -0.39 is 0 Å². The lowest BCUT2D eigenvalue weighted by Gasteiger charge is -2.26. The molecule has 2 rings (SSSR count). The van der Waals surface area contributed by atoms with Crippen LogP contribution in [-0.4, -0.2) is 23.0 Å². The van der Waals surface area contributed by atoms with Crippen molar-refractivity contribution in [2.75, 3.05) is 0 Å². The van der Waals surface area contributed by atoms with Gasteiger partial charge in [0.25, 0.3) is 5.91 Å². The second-order valence-corrected chi connectivity index (χ2v) is 4.68. The number of carbonyl (C=O) groups is 1. The SMILES string of the molecule is NC1CCC(NC(=O)c2cscn2)CC1. The first kappa shape index (κ1) is 10.6. The van der Waals surface area contributed by atoms with Gasteiger partial charge in [0.1, 0.15) is 5.69 Å². The molecule has 0 aliphatic heterocycles. The molecular formula is C10H15N3OS. The molecule has 0 saturated heterocycles. The summed E-state index contributed by atoms with van der Waals surface area (Å²) in [6, 6.07) is 0.594. The number of hydrogen-bond donors (Lipinski definition) is 2. The van der Waals surface area contributed by atoms with Crippen LogP contribution in [0.4, 0.5) is 0 Å². The van der Waals surface area contributed by atoms with Gasteiger partial charge in [0, 0.05) is 17.5 Å². The zero-order chi connectivity index (χ0) is 10.7. The van der Waals surface area contributed by atoms with E-state index in [-0.39, 0.29) is 11.9 Å². The average Bonchev–Trinajstić information content (AvgIpc) is 2.74. The van der Waals surface area contributed by atoms with Crippen LogP contribution in [0.25, 0.3) is 0 Å². The van der Waals surface area contributed by atoms with Gasteiger partial charge in [-0.05, 0) is 25.7 Å². The number of rotatable bonds is 2. The van der Waals surface area contributed by atoms with E-state index in [1.54, 1.807) is 10.9 Å². The minimum absolute atomic E-state index is 0.0586. The highest BCUT2D eigenvalue weighted by molar-refractivity contribution is 7.07. The fraction of sp³-hybridized carbons (Fsp3) is 0.600. The van der Waals surface area contributed by atoms with Gasteiger partial charge >= 0.3 is 0 Å². The Kier molecular flexibility index (Phi) is 3.33. The first-order chi connectivity index (χ1) is 7.25. The number of thiazole rings is 1. The van der Waals surface area contributed by atoms with E-state index in [4.69, 9.17) is 5.73 Å². The Morgan fingerprint density at radius 1 is 1.47 bits per heavy atom. The van der Waals surface area contributed by atoms with Gasteiger partial charge in [0.05, 0.1) is 5.51 Å². The number of carbonyl (C=O) groups excluding carboxylic acids is 1. The molecule has 0 atom stereocenters. The molecule has 1 heterocycles. The van der Waals surface area contributed by atoms with Gasteiger partial charge in [0.2, 0.25) is 0 Å². The molecule has 1 aliphatic carbocycles. The van der Waals surface area contributed by atoms with Gasteiger partial charge in [-0.3, -0.25) is 4.79 Å². The Balaban J connectivity index is 1.85. The molecule has 0 radical (unpaired) electrons. The second kappa shape index (κ2) is 4.72. The Hall–Kier alpha value is -0.940. The number of nitrogens with one attached hydrogen (secondary N) is 1. The van der Waals surface area contributed by atoms with Gasteiger partial charge in [-0.15, -0.1) is 11.3 Å². The Morgan fingerprint density at radius 2 is 2.20 bits per heavy atom. The van der Waals surface area contributed by atoms with Crippen LogP contribution in [0.15, 0.2) is 10.9 Å². The van der Waals surface area contributed by atoms with Crippen molar-refractivity contribution in [3.63, 3.8) is 0 Å². The third-order valence-electron chi connectivity index (χ3n) is 2.77. The van der Waals surface area contributed by atoms with Crippen LogP contribution in [0, 0.1) is 0 Å². The quantitative estimate of drug-likeness (QED) is 0.793. The molecule has 4 nitrogen and oxygen atoms in total. The molecule has 0 aromatic carbocycles. The van der Waals surface area contributed by atoms with Crippen LogP contribution in [0.3, 0.4) is 0 Å². The van der Waals surface area contributed by atoms with E-state index in [1.165, 1.54) is 11.3 Å². The van der Waals surface area contributed by atoms with E-state index in [1.807, 2.05) is 0 Å². The summed E-state index contributed by atoms with van der Waals surface area (Å²) in [5, 5.41) is 4.76. The summed E-state index contributed by atoms with van der Waals surface area (Å²) in [6.45, 7) is 0. The first-order valence-corrected chi connectivity index (χ1v) is 6.14. The smallest absolute Gasteiger partial charge is 0.270 e. The lowest BCUT2D eigenvalue weighted by atomic mass is 9.92. The fourth-order valence-corrected chi connectivity index (χ4v) is 2.38. The van der Waals surface area contributed by atoms with Crippen LogP contribution < -0.4 is 11.1 Å². The normalized spacial score (nSPS) is 26.2. The molecule has 3 N–H and O–H groups in total. The molecule has 0 bridgehead atoms. The molecule has 0 unspecified atom stereocenters. The maximum absolute atomic E-state index is 11.7. The van der Waals surface area contributed by atoms with E-state index in [2.05, 4.69) is 10.3 Å². The number of hydrogen-bond acceptors (Lipinski definition) is 4. The fourth-order valence-electron chi connectivity index (χ4n) is 1.85. The summed E-state index contributed by atoms with van der Waals surface area (Å²) >= 11 is 1.44. The summed E-state index contributed by atoms with van der Waals surface area (Å²) in [7, 11) is 0. The van der Waals surface area contributed by atoms with E-state index in [0.717, 1.165) is 25.7 Å². The molecule has 1 aromatic rings. The van der Waals surface area contributed by atoms with Crippen LogP contribution in [0.2, 0.25) is 0 Å². The van der Waals surface area contributed by atoms with E-state index in [0.29, 0.717) is 11.7 Å². The van der Waals surface area contributed by atoms with Crippen molar-refractivity contribution in [1.82, 2.24) is 10.3 Å². The Bertz CT molecular complexity index is 317. The van der Waals surface area contributed by atoms with Crippen molar-refractivity contribution in [3.05, 3.63) is 16.6 Å². The van der Waals surface area contributed by atoms with Crippen molar-refractivity contribution in [1.29, 1.82) is 0 Å². The average molecular weight is 225 g/mol. The Morgan fingerprint density at radius 3 is 2.80 bits per heavy atom. The second-order valence-electron chi connectivity index (χ2n) is 3.96. The highest BCUT2D eigenvalue weighted by atomic mass is 32.1. The molecule has 1 aromatic heterocycles. The number of nitrogens with zero attached hydrogens (tertiary/aromatic N) is 1. The summed E-state index contributed by atoms with van der Waals surface area (Å²) < 4.78 is 0. The molecule has 0 spiro atoms. The highest BCUT2D eigenvalue weighted by Gasteiger charge is 2.20. The standard InChI is InChI=1S/C10H15N3OS/c11-7-1-3-8(4-2-7)13-10(14)9-5-15-6-12-9/h5-8H,1-4,11H2,(H,13,14). The highest BCUT2D eigenvalue weighted by Crippen LogP contribution is 2.17. The minimum Gasteiger partial charge on any atom is -0.348 e. The molecule has 5 heteroatoms. The molecule has 1 saturated carbocycles. The predicted octanol–water partition coefficient (Wildman–Crippen LogP) is 1.14. The van der Waals surface area contributed by atoms with Crippen molar-refractivity contribution in [2.24, 2.45) is 5.73 Å². The van der Waals surface area contributed by atoms with Gasteiger partial charge < -0.3 is 11.1 Å². The lowest BCUT2D eigenvalue weighted by Crippen LogP contribution is -2.40. The van der Waals surface area contributed by atoms with Crippen LogP contribution in [-0.2, 0) is 0 Å². The van der Waals surface area contributed by atoms with Gasteiger partial charge in [0.15, 0.2) is 0 Å². The number of nitrogens with two attached hydrogens (primary N) is 1. The lowest BCUT2D eigenvalue weighted by molar-refractivity contribution is 0.0921. The van der Waals surface area contributed by atoms with E-state index >= 15 is 0 Å². The zero-order valence-corrected chi connectivity index (χ0v) is 9.30. The van der Waals surface area contributed by atoms with Gasteiger partial charge in [-0.2, -0.15) is 0 Å².